The van der Waals surface area contributed by atoms with Crippen LogP contribution in [0, 0.1) is 0 Å². The summed E-state index contributed by atoms with van der Waals surface area (Å²) in [5.74, 6) is 0.522. The second-order valence-corrected chi connectivity index (χ2v) is 3.41. The van der Waals surface area contributed by atoms with Gasteiger partial charge in [0.2, 0.25) is 11.8 Å². The summed E-state index contributed by atoms with van der Waals surface area (Å²) in [6, 6.07) is 1.88. The Morgan fingerprint density at radius 2 is 2.00 bits per heavy atom. The summed E-state index contributed by atoms with van der Waals surface area (Å²) in [4.78, 5) is 7.91. The standard InChI is InChI=1S/C9H14N4O.2ClH/c14-8-3-6-11-9(13-8)12-7-1-4-10-5-2-7;;/h3,6-7,10H,1-2,4-5H2,(H2,11,12,13,14);2*1H. The van der Waals surface area contributed by atoms with Gasteiger partial charge in [-0.25, -0.2) is 4.98 Å². The van der Waals surface area contributed by atoms with Gasteiger partial charge in [0, 0.05) is 18.3 Å². The molecule has 3 N–H and O–H groups in total. The highest BCUT2D eigenvalue weighted by atomic mass is 35.5. The third kappa shape index (κ3) is 4.38. The lowest BCUT2D eigenvalue weighted by Gasteiger charge is -2.23. The van der Waals surface area contributed by atoms with Crippen molar-refractivity contribution in [3.63, 3.8) is 0 Å². The highest BCUT2D eigenvalue weighted by Crippen LogP contribution is 2.11. The van der Waals surface area contributed by atoms with Crippen LogP contribution in [0.3, 0.4) is 0 Å². The Labute approximate surface area is 107 Å². The lowest BCUT2D eigenvalue weighted by molar-refractivity contribution is 0.449. The molecule has 5 nitrogen and oxygen atoms in total. The average Bonchev–Trinajstić information content (AvgIpc) is 2.19. The molecular weight excluding hydrogens is 251 g/mol. The molecule has 0 amide bonds. The van der Waals surface area contributed by atoms with E-state index in [0.717, 1.165) is 25.9 Å². The van der Waals surface area contributed by atoms with Gasteiger partial charge < -0.3 is 15.7 Å². The number of rotatable bonds is 2. The number of hydrogen-bond donors (Lipinski definition) is 3. The number of aromatic hydroxyl groups is 1. The molecule has 0 unspecified atom stereocenters. The van der Waals surface area contributed by atoms with Gasteiger partial charge in [-0.15, -0.1) is 24.8 Å². The monoisotopic (exact) mass is 266 g/mol. The molecule has 1 aliphatic rings. The van der Waals surface area contributed by atoms with Crippen LogP contribution in [0.4, 0.5) is 5.95 Å². The molecule has 1 aromatic rings. The highest BCUT2D eigenvalue weighted by molar-refractivity contribution is 5.85. The summed E-state index contributed by atoms with van der Waals surface area (Å²) in [7, 11) is 0. The van der Waals surface area contributed by atoms with E-state index in [2.05, 4.69) is 20.6 Å². The number of anilines is 1. The predicted octanol–water partition coefficient (Wildman–Crippen LogP) is 1.19. The zero-order valence-electron chi connectivity index (χ0n) is 8.72. The van der Waals surface area contributed by atoms with Crippen LogP contribution >= 0.6 is 24.8 Å². The summed E-state index contributed by atoms with van der Waals surface area (Å²) in [6.07, 6.45) is 3.68. The van der Waals surface area contributed by atoms with Crippen molar-refractivity contribution in [3.8, 4) is 5.88 Å². The van der Waals surface area contributed by atoms with Crippen molar-refractivity contribution in [2.75, 3.05) is 18.4 Å². The smallest absolute Gasteiger partial charge is 0.226 e. The van der Waals surface area contributed by atoms with Crippen molar-refractivity contribution in [1.29, 1.82) is 0 Å². The first-order valence-electron chi connectivity index (χ1n) is 4.84. The molecule has 92 valence electrons. The predicted molar refractivity (Wildman–Crippen MR) is 67.7 cm³/mol. The zero-order chi connectivity index (χ0) is 9.80. The lowest BCUT2D eigenvalue weighted by Crippen LogP contribution is -2.35. The Balaban J connectivity index is 0.00000112. The third-order valence-electron chi connectivity index (χ3n) is 2.31. The Kier molecular flexibility index (Phi) is 7.12. The van der Waals surface area contributed by atoms with Gasteiger partial charge in [-0.05, 0) is 25.9 Å². The summed E-state index contributed by atoms with van der Waals surface area (Å²) >= 11 is 0. The van der Waals surface area contributed by atoms with Crippen LogP contribution in [0.1, 0.15) is 12.8 Å². The molecule has 0 atom stereocenters. The van der Waals surface area contributed by atoms with Crippen LogP contribution in [-0.2, 0) is 0 Å². The van der Waals surface area contributed by atoms with Crippen molar-refractivity contribution in [1.82, 2.24) is 15.3 Å². The largest absolute Gasteiger partial charge is 0.493 e. The van der Waals surface area contributed by atoms with Gasteiger partial charge in [-0.2, -0.15) is 4.98 Å². The van der Waals surface area contributed by atoms with Crippen molar-refractivity contribution < 1.29 is 5.11 Å². The van der Waals surface area contributed by atoms with Crippen molar-refractivity contribution >= 4 is 30.8 Å². The van der Waals surface area contributed by atoms with Crippen LogP contribution in [0.15, 0.2) is 12.3 Å². The molecule has 1 aromatic heterocycles. The van der Waals surface area contributed by atoms with Gasteiger partial charge in [-0.3, -0.25) is 0 Å². The zero-order valence-corrected chi connectivity index (χ0v) is 10.4. The van der Waals surface area contributed by atoms with Gasteiger partial charge in [0.05, 0.1) is 0 Å². The number of piperidine rings is 1. The minimum Gasteiger partial charge on any atom is -0.493 e. The van der Waals surface area contributed by atoms with E-state index in [9.17, 15) is 0 Å². The first-order valence-corrected chi connectivity index (χ1v) is 4.84. The fourth-order valence-electron chi connectivity index (χ4n) is 1.57. The number of nitrogens with one attached hydrogen (secondary N) is 2. The van der Waals surface area contributed by atoms with Crippen LogP contribution in [-0.4, -0.2) is 34.2 Å². The van der Waals surface area contributed by atoms with Gasteiger partial charge in [0.15, 0.2) is 0 Å². The normalized spacial score (nSPS) is 15.8. The van der Waals surface area contributed by atoms with Gasteiger partial charge in [0.1, 0.15) is 0 Å². The van der Waals surface area contributed by atoms with Gasteiger partial charge in [-0.1, -0.05) is 0 Å². The second kappa shape index (κ2) is 7.49. The molecular formula is C9H16Cl2N4O. The van der Waals surface area contributed by atoms with Crippen molar-refractivity contribution in [3.05, 3.63) is 12.3 Å². The SMILES string of the molecule is Cl.Cl.Oc1ccnc(NC2CCNCC2)n1. The van der Waals surface area contributed by atoms with Gasteiger partial charge in [0.25, 0.3) is 0 Å². The Morgan fingerprint density at radius 3 is 2.62 bits per heavy atom. The molecule has 0 aromatic carbocycles. The summed E-state index contributed by atoms with van der Waals surface area (Å²) in [6.45, 7) is 2.05. The maximum Gasteiger partial charge on any atom is 0.226 e. The molecule has 16 heavy (non-hydrogen) atoms. The quantitative estimate of drug-likeness (QED) is 0.751. The van der Waals surface area contributed by atoms with E-state index in [-0.39, 0.29) is 30.7 Å². The first-order chi connectivity index (χ1) is 6.84. The molecule has 2 rings (SSSR count). The van der Waals surface area contributed by atoms with E-state index < -0.39 is 0 Å². The molecule has 1 saturated heterocycles. The number of hydrogen-bond acceptors (Lipinski definition) is 5. The van der Waals surface area contributed by atoms with E-state index in [1.807, 2.05) is 0 Å². The number of aromatic nitrogens is 2. The summed E-state index contributed by atoms with van der Waals surface area (Å²) in [5, 5.41) is 15.6. The minimum absolute atomic E-state index is 0. The molecule has 7 heteroatoms. The topological polar surface area (TPSA) is 70.1 Å². The van der Waals surface area contributed by atoms with Crippen LogP contribution in [0.5, 0.6) is 5.88 Å². The molecule has 0 saturated carbocycles. The number of nitrogens with zero attached hydrogens (tertiary/aromatic N) is 2. The Hall–Kier alpha value is -0.780. The Morgan fingerprint density at radius 1 is 1.31 bits per heavy atom. The van der Waals surface area contributed by atoms with E-state index in [4.69, 9.17) is 5.11 Å². The second-order valence-electron chi connectivity index (χ2n) is 3.41. The average molecular weight is 267 g/mol. The maximum absolute atomic E-state index is 9.14. The fraction of sp³-hybridized carbons (Fsp3) is 0.556. The fourth-order valence-corrected chi connectivity index (χ4v) is 1.57. The van der Waals surface area contributed by atoms with Crippen LogP contribution in [0.25, 0.3) is 0 Å². The number of halogens is 2. The van der Waals surface area contributed by atoms with Crippen molar-refractivity contribution in [2.24, 2.45) is 0 Å². The molecule has 0 bridgehead atoms. The lowest BCUT2D eigenvalue weighted by atomic mass is 10.1. The summed E-state index contributed by atoms with van der Waals surface area (Å²) in [5.41, 5.74) is 0. The molecule has 0 radical (unpaired) electrons. The first kappa shape index (κ1) is 15.2. The molecule has 0 aliphatic carbocycles. The Bertz CT molecular complexity index is 307. The maximum atomic E-state index is 9.14. The van der Waals surface area contributed by atoms with E-state index in [0.29, 0.717) is 12.0 Å². The van der Waals surface area contributed by atoms with Crippen molar-refractivity contribution in [2.45, 2.75) is 18.9 Å². The minimum atomic E-state index is 0. The van der Waals surface area contributed by atoms with E-state index in [1.54, 1.807) is 6.20 Å². The molecule has 2 heterocycles. The molecule has 1 fully saturated rings. The van der Waals surface area contributed by atoms with Crippen LogP contribution < -0.4 is 10.6 Å². The molecule has 1 aliphatic heterocycles. The highest BCUT2D eigenvalue weighted by Gasteiger charge is 2.13. The van der Waals surface area contributed by atoms with Gasteiger partial charge >= 0.3 is 0 Å². The third-order valence-corrected chi connectivity index (χ3v) is 2.31. The van der Waals surface area contributed by atoms with Crippen LogP contribution in [0.2, 0.25) is 0 Å². The molecule has 0 spiro atoms. The van der Waals surface area contributed by atoms with E-state index >= 15 is 0 Å². The summed E-state index contributed by atoms with van der Waals surface area (Å²) < 4.78 is 0. The van der Waals surface area contributed by atoms with E-state index in [1.165, 1.54) is 6.07 Å².